The van der Waals surface area contributed by atoms with Crippen LogP contribution in [-0.2, 0) is 16.4 Å². The molecule has 1 saturated carbocycles. The van der Waals surface area contributed by atoms with Crippen molar-refractivity contribution in [2.45, 2.75) is 56.5 Å². The van der Waals surface area contributed by atoms with Gasteiger partial charge in [0.25, 0.3) is 10.0 Å². The highest BCUT2D eigenvalue weighted by Gasteiger charge is 2.21. The van der Waals surface area contributed by atoms with Crippen molar-refractivity contribution in [3.63, 3.8) is 0 Å². The Bertz CT molecular complexity index is 487. The molecule has 0 radical (unpaired) electrons. The lowest BCUT2D eigenvalue weighted by atomic mass is 9.95. The molecule has 2 rings (SSSR count). The van der Waals surface area contributed by atoms with Crippen LogP contribution in [0.4, 0.5) is 0 Å². The van der Waals surface area contributed by atoms with E-state index in [9.17, 15) is 8.42 Å². The maximum atomic E-state index is 11.3. The zero-order valence-corrected chi connectivity index (χ0v) is 10.9. The van der Waals surface area contributed by atoms with Crippen LogP contribution in [0.5, 0.6) is 0 Å². The number of primary sulfonamides is 1. The molecule has 1 aliphatic rings. The first-order chi connectivity index (χ1) is 8.02. The second-order valence-electron chi connectivity index (χ2n) is 4.59. The van der Waals surface area contributed by atoms with E-state index in [0.717, 1.165) is 25.1 Å². The molecule has 0 aromatic carbocycles. The highest BCUT2D eigenvalue weighted by molar-refractivity contribution is 7.89. The summed E-state index contributed by atoms with van der Waals surface area (Å²) in [6, 6.07) is 0.390. The van der Waals surface area contributed by atoms with E-state index < -0.39 is 10.0 Å². The van der Waals surface area contributed by atoms with E-state index >= 15 is 0 Å². The third-order valence-electron chi connectivity index (χ3n) is 3.36. The summed E-state index contributed by atoms with van der Waals surface area (Å²) in [6.45, 7) is 1.98. The van der Waals surface area contributed by atoms with Crippen LogP contribution in [0, 0.1) is 0 Å². The fourth-order valence-corrected chi connectivity index (χ4v) is 2.97. The molecule has 0 spiro atoms. The van der Waals surface area contributed by atoms with Gasteiger partial charge in [-0.15, -0.1) is 0 Å². The second-order valence-corrected chi connectivity index (χ2v) is 6.10. The van der Waals surface area contributed by atoms with Crippen molar-refractivity contribution in [2.24, 2.45) is 5.14 Å². The molecule has 0 amide bonds. The smallest absolute Gasteiger partial charge is 0.257 e. The number of sulfonamides is 1. The van der Waals surface area contributed by atoms with E-state index in [4.69, 9.17) is 5.14 Å². The van der Waals surface area contributed by atoms with Crippen molar-refractivity contribution in [1.82, 2.24) is 9.55 Å². The molecule has 0 unspecified atom stereocenters. The minimum Gasteiger partial charge on any atom is -0.330 e. The van der Waals surface area contributed by atoms with Crippen LogP contribution >= 0.6 is 0 Å². The average Bonchev–Trinajstić information content (AvgIpc) is 2.73. The molecule has 6 heteroatoms. The van der Waals surface area contributed by atoms with Gasteiger partial charge in [-0.2, -0.15) is 0 Å². The Balaban J connectivity index is 2.35. The lowest BCUT2D eigenvalue weighted by Gasteiger charge is -2.24. The number of nitrogens with two attached hydrogens (primary N) is 1. The lowest BCUT2D eigenvalue weighted by Crippen LogP contribution is -2.14. The SMILES string of the molecule is CCc1nc(S(N)(=O)=O)cn1C1CCCCC1. The lowest BCUT2D eigenvalue weighted by molar-refractivity contribution is 0.346. The fourth-order valence-electron chi connectivity index (χ4n) is 2.48. The number of hydrogen-bond acceptors (Lipinski definition) is 3. The molecular weight excluding hydrogens is 238 g/mol. The average molecular weight is 257 g/mol. The Hall–Kier alpha value is -0.880. The molecule has 0 saturated heterocycles. The van der Waals surface area contributed by atoms with Crippen LogP contribution in [0.25, 0.3) is 0 Å². The Morgan fingerprint density at radius 1 is 1.41 bits per heavy atom. The third kappa shape index (κ3) is 2.69. The predicted molar refractivity (Wildman–Crippen MR) is 65.1 cm³/mol. The van der Waals surface area contributed by atoms with Crippen molar-refractivity contribution in [3.8, 4) is 0 Å². The van der Waals surface area contributed by atoms with Crippen LogP contribution in [0.15, 0.2) is 11.2 Å². The molecular formula is C11H19N3O2S. The normalized spacial score (nSPS) is 18.5. The molecule has 1 aliphatic carbocycles. The maximum Gasteiger partial charge on any atom is 0.257 e. The van der Waals surface area contributed by atoms with E-state index in [-0.39, 0.29) is 5.03 Å². The van der Waals surface area contributed by atoms with Gasteiger partial charge in [-0.3, -0.25) is 0 Å². The molecule has 17 heavy (non-hydrogen) atoms. The number of aryl methyl sites for hydroxylation is 1. The minimum absolute atomic E-state index is 0.0000709. The molecule has 96 valence electrons. The van der Waals surface area contributed by atoms with E-state index in [1.54, 1.807) is 6.20 Å². The Morgan fingerprint density at radius 2 is 2.06 bits per heavy atom. The topological polar surface area (TPSA) is 78.0 Å². The fraction of sp³-hybridized carbons (Fsp3) is 0.727. The van der Waals surface area contributed by atoms with Gasteiger partial charge >= 0.3 is 0 Å². The first-order valence-electron chi connectivity index (χ1n) is 6.13. The molecule has 1 heterocycles. The first-order valence-corrected chi connectivity index (χ1v) is 7.67. The summed E-state index contributed by atoms with van der Waals surface area (Å²) in [5.41, 5.74) is 0. The van der Waals surface area contributed by atoms with Crippen LogP contribution in [0.2, 0.25) is 0 Å². The minimum atomic E-state index is -3.69. The Labute approximate surface area is 102 Å². The van der Waals surface area contributed by atoms with E-state index in [0.29, 0.717) is 6.04 Å². The van der Waals surface area contributed by atoms with Crippen LogP contribution in [0.3, 0.4) is 0 Å². The standard InChI is InChI=1S/C11H19N3O2S/c1-2-10-13-11(17(12,15)16)8-14(10)9-6-4-3-5-7-9/h8-9H,2-7H2,1H3,(H2,12,15,16). The largest absolute Gasteiger partial charge is 0.330 e. The van der Waals surface area contributed by atoms with Crippen molar-refractivity contribution < 1.29 is 8.42 Å². The summed E-state index contributed by atoms with van der Waals surface area (Å²) < 4.78 is 24.6. The predicted octanol–water partition coefficient (Wildman–Crippen LogP) is 1.60. The zero-order chi connectivity index (χ0) is 12.5. The van der Waals surface area contributed by atoms with Gasteiger partial charge in [0, 0.05) is 18.7 Å². The van der Waals surface area contributed by atoms with Crippen LogP contribution < -0.4 is 5.14 Å². The van der Waals surface area contributed by atoms with Gasteiger partial charge in [0.2, 0.25) is 0 Å². The Morgan fingerprint density at radius 3 is 2.59 bits per heavy atom. The van der Waals surface area contributed by atoms with E-state index in [1.807, 2.05) is 11.5 Å². The highest BCUT2D eigenvalue weighted by atomic mass is 32.2. The van der Waals surface area contributed by atoms with Crippen molar-refractivity contribution in [1.29, 1.82) is 0 Å². The zero-order valence-electron chi connectivity index (χ0n) is 10.1. The van der Waals surface area contributed by atoms with Gasteiger partial charge in [-0.1, -0.05) is 26.2 Å². The third-order valence-corrected chi connectivity index (χ3v) is 4.14. The second kappa shape index (κ2) is 4.78. The molecule has 0 aliphatic heterocycles. The van der Waals surface area contributed by atoms with Gasteiger partial charge < -0.3 is 4.57 Å². The monoisotopic (exact) mass is 257 g/mol. The van der Waals surface area contributed by atoms with E-state index in [2.05, 4.69) is 4.98 Å². The quantitative estimate of drug-likeness (QED) is 0.893. The number of rotatable bonds is 3. The molecule has 2 N–H and O–H groups in total. The molecule has 1 aromatic rings. The number of nitrogens with zero attached hydrogens (tertiary/aromatic N) is 2. The number of hydrogen-bond donors (Lipinski definition) is 1. The summed E-state index contributed by atoms with van der Waals surface area (Å²) in [7, 11) is -3.69. The van der Waals surface area contributed by atoms with Crippen LogP contribution in [-0.4, -0.2) is 18.0 Å². The van der Waals surface area contributed by atoms with E-state index in [1.165, 1.54) is 19.3 Å². The molecule has 1 aromatic heterocycles. The highest BCUT2D eigenvalue weighted by Crippen LogP contribution is 2.29. The van der Waals surface area contributed by atoms with Gasteiger partial charge in [0.1, 0.15) is 5.82 Å². The molecule has 1 fully saturated rings. The van der Waals surface area contributed by atoms with Gasteiger partial charge in [-0.25, -0.2) is 18.5 Å². The first kappa shape index (κ1) is 12.6. The number of imidazole rings is 1. The Kier molecular flexibility index (Phi) is 3.53. The van der Waals surface area contributed by atoms with Crippen molar-refractivity contribution >= 4 is 10.0 Å². The summed E-state index contributed by atoms with van der Waals surface area (Å²) in [5.74, 6) is 0.820. The maximum absolute atomic E-state index is 11.3. The van der Waals surface area contributed by atoms with Crippen molar-refractivity contribution in [3.05, 3.63) is 12.0 Å². The summed E-state index contributed by atoms with van der Waals surface area (Å²) in [6.07, 6.45) is 8.22. The van der Waals surface area contributed by atoms with Crippen molar-refractivity contribution in [2.75, 3.05) is 0 Å². The molecule has 5 nitrogen and oxygen atoms in total. The van der Waals surface area contributed by atoms with Gasteiger partial charge in [0.15, 0.2) is 5.03 Å². The number of aromatic nitrogens is 2. The van der Waals surface area contributed by atoms with Gasteiger partial charge in [-0.05, 0) is 12.8 Å². The van der Waals surface area contributed by atoms with Crippen LogP contribution in [0.1, 0.15) is 50.9 Å². The summed E-state index contributed by atoms with van der Waals surface area (Å²) >= 11 is 0. The van der Waals surface area contributed by atoms with Gasteiger partial charge in [0.05, 0.1) is 0 Å². The summed E-state index contributed by atoms with van der Waals surface area (Å²) in [4.78, 5) is 4.13. The molecule has 0 bridgehead atoms. The molecule has 0 atom stereocenters. The summed E-state index contributed by atoms with van der Waals surface area (Å²) in [5, 5.41) is 5.12.